The Bertz CT molecular complexity index is 545. The first-order valence-electron chi connectivity index (χ1n) is 10.3. The summed E-state index contributed by atoms with van der Waals surface area (Å²) in [5, 5.41) is 6.43. The number of amides is 1. The van der Waals surface area contributed by atoms with Gasteiger partial charge in [0, 0.05) is 33.2 Å². The van der Waals surface area contributed by atoms with Gasteiger partial charge in [-0.25, -0.2) is 4.79 Å². The third kappa shape index (κ3) is 12.3. The number of alkyl carbamates (subject to hydrolysis) is 1. The van der Waals surface area contributed by atoms with Gasteiger partial charge in [-0.3, -0.25) is 4.99 Å². The van der Waals surface area contributed by atoms with Gasteiger partial charge in [-0.2, -0.15) is 0 Å². The van der Waals surface area contributed by atoms with Gasteiger partial charge < -0.3 is 25.0 Å². The van der Waals surface area contributed by atoms with E-state index < -0.39 is 5.60 Å². The zero-order valence-electron chi connectivity index (χ0n) is 19.2. The van der Waals surface area contributed by atoms with Gasteiger partial charge >= 0.3 is 6.09 Å². The van der Waals surface area contributed by atoms with Crippen LogP contribution in [0.25, 0.3) is 0 Å². The van der Waals surface area contributed by atoms with Crippen molar-refractivity contribution < 1.29 is 14.3 Å². The molecule has 29 heavy (non-hydrogen) atoms. The minimum atomic E-state index is -0.492. The van der Waals surface area contributed by atoms with Crippen LogP contribution in [0, 0.1) is 5.92 Å². The number of ether oxygens (including phenoxy) is 2. The quantitative estimate of drug-likeness (QED) is 0.219. The van der Waals surface area contributed by atoms with Crippen LogP contribution in [-0.2, 0) is 9.47 Å². The average Bonchev–Trinajstić information content (AvgIpc) is 2.61. The molecule has 1 heterocycles. The van der Waals surface area contributed by atoms with E-state index in [0.29, 0.717) is 5.92 Å². The summed E-state index contributed by atoms with van der Waals surface area (Å²) in [7, 11) is 3.82. The third-order valence-corrected chi connectivity index (χ3v) is 4.64. The van der Waals surface area contributed by atoms with Crippen LogP contribution in [0.5, 0.6) is 0 Å². The molecule has 0 aromatic heterocycles. The van der Waals surface area contributed by atoms with E-state index in [4.69, 9.17) is 9.47 Å². The molecule has 0 fully saturated rings. The molecule has 8 heteroatoms. The van der Waals surface area contributed by atoms with Gasteiger partial charge in [0.15, 0.2) is 5.96 Å². The number of guanidine groups is 1. The number of nitrogens with one attached hydrogen (secondary N) is 2. The smallest absolute Gasteiger partial charge is 0.407 e. The Morgan fingerprint density at radius 2 is 2.07 bits per heavy atom. The number of carbonyl (C=O) groups is 1. The summed E-state index contributed by atoms with van der Waals surface area (Å²) >= 11 is 0. The highest BCUT2D eigenvalue weighted by Gasteiger charge is 2.22. The van der Waals surface area contributed by atoms with Crippen LogP contribution >= 0.6 is 24.0 Å². The number of aliphatic imine (C=N–C) groups is 1. The summed E-state index contributed by atoms with van der Waals surface area (Å²) in [5.41, 5.74) is 0.951. The van der Waals surface area contributed by atoms with Crippen molar-refractivity contribution in [3.63, 3.8) is 0 Å². The summed E-state index contributed by atoms with van der Waals surface area (Å²) in [6, 6.07) is 0.0443. The fourth-order valence-electron chi connectivity index (χ4n) is 2.98. The van der Waals surface area contributed by atoms with Crippen molar-refractivity contribution in [2.45, 2.75) is 65.5 Å². The Labute approximate surface area is 194 Å². The maximum absolute atomic E-state index is 12.1. The van der Waals surface area contributed by atoms with Crippen LogP contribution in [0.1, 0.15) is 53.9 Å². The molecule has 0 aromatic carbocycles. The first-order valence-corrected chi connectivity index (χ1v) is 10.3. The Kier molecular flexibility index (Phi) is 13.6. The lowest BCUT2D eigenvalue weighted by Crippen LogP contribution is -2.45. The van der Waals surface area contributed by atoms with Crippen LogP contribution in [-0.4, -0.2) is 69.0 Å². The van der Waals surface area contributed by atoms with Crippen molar-refractivity contribution in [2.24, 2.45) is 10.9 Å². The highest BCUT2D eigenvalue weighted by atomic mass is 127. The number of rotatable bonds is 8. The Balaban J connectivity index is 0.00000784. The lowest BCUT2D eigenvalue weighted by molar-refractivity contribution is 0.0486. The summed E-state index contributed by atoms with van der Waals surface area (Å²) in [5.74, 6) is 1.18. The van der Waals surface area contributed by atoms with E-state index in [9.17, 15) is 4.79 Å². The van der Waals surface area contributed by atoms with Crippen molar-refractivity contribution in [3.8, 4) is 0 Å². The predicted octanol–water partition coefficient (Wildman–Crippen LogP) is 3.79. The molecule has 1 rings (SSSR count). The molecule has 0 spiro atoms. The zero-order valence-corrected chi connectivity index (χ0v) is 21.5. The van der Waals surface area contributed by atoms with Crippen molar-refractivity contribution in [2.75, 3.05) is 40.4 Å². The molecule has 1 aliphatic heterocycles. The molecule has 0 aliphatic carbocycles. The van der Waals surface area contributed by atoms with E-state index in [-0.39, 0.29) is 36.1 Å². The predicted molar refractivity (Wildman–Crippen MR) is 130 cm³/mol. The summed E-state index contributed by atoms with van der Waals surface area (Å²) in [6.45, 7) is 13.0. The van der Waals surface area contributed by atoms with Gasteiger partial charge in [0.1, 0.15) is 5.60 Å². The average molecular weight is 524 g/mol. The maximum Gasteiger partial charge on any atom is 0.407 e. The molecule has 1 atom stereocenters. The number of carbonyl (C=O) groups excluding carboxylic acids is 1. The van der Waals surface area contributed by atoms with E-state index in [2.05, 4.69) is 40.4 Å². The van der Waals surface area contributed by atoms with Crippen molar-refractivity contribution in [3.05, 3.63) is 11.6 Å². The van der Waals surface area contributed by atoms with Crippen molar-refractivity contribution >= 4 is 36.0 Å². The van der Waals surface area contributed by atoms with E-state index in [0.717, 1.165) is 51.5 Å². The normalized spacial score (nSPS) is 15.9. The SMILES string of the molecule is CN=C(NCCC1=CCOCC1)N(C)CCC(NC(=O)OC(C)(C)C)C(C)C.I. The number of hydrogen-bond donors (Lipinski definition) is 2. The molecule has 170 valence electrons. The van der Waals surface area contributed by atoms with Crippen LogP contribution in [0.3, 0.4) is 0 Å². The lowest BCUT2D eigenvalue weighted by Gasteiger charge is -2.28. The molecular weight excluding hydrogens is 483 g/mol. The second kappa shape index (κ2) is 14.1. The zero-order chi connectivity index (χ0) is 21.2. The van der Waals surface area contributed by atoms with Crippen LogP contribution in [0.2, 0.25) is 0 Å². The first-order chi connectivity index (χ1) is 13.1. The lowest BCUT2D eigenvalue weighted by atomic mass is 10.0. The van der Waals surface area contributed by atoms with Gasteiger partial charge in [0.2, 0.25) is 0 Å². The fraction of sp³-hybridized carbons (Fsp3) is 0.810. The highest BCUT2D eigenvalue weighted by molar-refractivity contribution is 14.0. The fourth-order valence-corrected chi connectivity index (χ4v) is 2.98. The highest BCUT2D eigenvalue weighted by Crippen LogP contribution is 2.12. The third-order valence-electron chi connectivity index (χ3n) is 4.64. The standard InChI is InChI=1S/C21H40N4O3.HI/c1-16(2)18(24-20(26)28-21(3,4)5)9-13-25(7)19(22-6)23-12-8-17-10-14-27-15-11-17;/h10,16,18H,8-9,11-15H2,1-7H3,(H,22,23)(H,24,26);1H. The molecule has 1 aliphatic rings. The van der Waals surface area contributed by atoms with Crippen LogP contribution in [0.15, 0.2) is 16.6 Å². The first kappa shape index (κ1) is 28.0. The Morgan fingerprint density at radius 1 is 1.38 bits per heavy atom. The van der Waals surface area contributed by atoms with Crippen LogP contribution < -0.4 is 10.6 Å². The van der Waals surface area contributed by atoms with E-state index in [1.165, 1.54) is 5.57 Å². The van der Waals surface area contributed by atoms with E-state index in [1.807, 2.05) is 27.8 Å². The van der Waals surface area contributed by atoms with Gasteiger partial charge in [0.05, 0.1) is 13.2 Å². The molecule has 7 nitrogen and oxygen atoms in total. The van der Waals surface area contributed by atoms with Gasteiger partial charge in [-0.05, 0) is 46.0 Å². The van der Waals surface area contributed by atoms with Gasteiger partial charge in [0.25, 0.3) is 0 Å². The molecule has 1 unspecified atom stereocenters. The molecule has 0 bridgehead atoms. The second-order valence-corrected chi connectivity index (χ2v) is 8.62. The topological polar surface area (TPSA) is 75.2 Å². The largest absolute Gasteiger partial charge is 0.444 e. The monoisotopic (exact) mass is 524 g/mol. The summed E-state index contributed by atoms with van der Waals surface area (Å²) in [4.78, 5) is 18.6. The number of nitrogens with zero attached hydrogens (tertiary/aromatic N) is 2. The molecule has 0 saturated carbocycles. The second-order valence-electron chi connectivity index (χ2n) is 8.62. The molecule has 2 N–H and O–H groups in total. The van der Waals surface area contributed by atoms with E-state index in [1.54, 1.807) is 7.05 Å². The van der Waals surface area contributed by atoms with Crippen molar-refractivity contribution in [1.82, 2.24) is 15.5 Å². The minimum Gasteiger partial charge on any atom is -0.444 e. The number of hydrogen-bond acceptors (Lipinski definition) is 4. The Hall–Kier alpha value is -1.03. The number of halogens is 1. The van der Waals surface area contributed by atoms with E-state index >= 15 is 0 Å². The molecule has 0 radical (unpaired) electrons. The van der Waals surface area contributed by atoms with Gasteiger partial charge in [-0.15, -0.1) is 24.0 Å². The van der Waals surface area contributed by atoms with Gasteiger partial charge in [-0.1, -0.05) is 25.5 Å². The molecule has 1 amide bonds. The minimum absolute atomic E-state index is 0. The molecular formula is C21H41IN4O3. The maximum atomic E-state index is 12.1. The Morgan fingerprint density at radius 3 is 2.59 bits per heavy atom. The molecule has 0 saturated heterocycles. The molecule has 0 aromatic rings. The summed E-state index contributed by atoms with van der Waals surface area (Å²) < 4.78 is 10.7. The van der Waals surface area contributed by atoms with Crippen molar-refractivity contribution in [1.29, 1.82) is 0 Å². The summed E-state index contributed by atoms with van der Waals surface area (Å²) in [6.07, 6.45) is 4.65. The van der Waals surface area contributed by atoms with Crippen LogP contribution in [0.4, 0.5) is 4.79 Å².